The number of halogens is 1. The molecule has 0 spiro atoms. The summed E-state index contributed by atoms with van der Waals surface area (Å²) in [6.07, 6.45) is 0.944. The first kappa shape index (κ1) is 18.7. The van der Waals surface area contributed by atoms with Gasteiger partial charge in [-0.15, -0.1) is 0 Å². The fourth-order valence-electron chi connectivity index (χ4n) is 2.54. The van der Waals surface area contributed by atoms with Crippen molar-refractivity contribution in [1.82, 2.24) is 15.1 Å². The molecule has 0 atom stereocenters. The zero-order valence-corrected chi connectivity index (χ0v) is 15.6. The van der Waals surface area contributed by atoms with E-state index in [1.807, 2.05) is 36.1 Å². The van der Waals surface area contributed by atoms with Crippen LogP contribution < -0.4 is 10.6 Å². The monoisotopic (exact) mass is 396 g/mol. The number of anilines is 1. The first-order valence-electron chi connectivity index (χ1n) is 8.34. The zero-order chi connectivity index (χ0) is 17.4. The van der Waals surface area contributed by atoms with Crippen molar-refractivity contribution in [3.63, 3.8) is 0 Å². The molecule has 1 fully saturated rings. The minimum absolute atomic E-state index is 0.0635. The highest BCUT2D eigenvalue weighted by Crippen LogP contribution is 2.14. The molecule has 0 bridgehead atoms. The molecule has 1 saturated heterocycles. The Labute approximate surface area is 151 Å². The molecule has 2 N–H and O–H groups in total. The number of nitrogens with zero attached hydrogens (tertiary/aromatic N) is 2. The molecule has 2 amide bonds. The zero-order valence-electron chi connectivity index (χ0n) is 14.1. The van der Waals surface area contributed by atoms with Crippen LogP contribution in [0.25, 0.3) is 0 Å². The molecule has 0 aromatic heterocycles. The maximum atomic E-state index is 12.3. The summed E-state index contributed by atoms with van der Waals surface area (Å²) in [7, 11) is 0. The maximum Gasteiger partial charge on any atom is 0.241 e. The van der Waals surface area contributed by atoms with Crippen molar-refractivity contribution in [2.45, 2.75) is 13.3 Å². The number of benzene rings is 1. The summed E-state index contributed by atoms with van der Waals surface area (Å²) in [5.41, 5.74) is 0.929. The molecule has 7 heteroatoms. The van der Waals surface area contributed by atoms with Crippen LogP contribution in [-0.4, -0.2) is 67.4 Å². The highest BCUT2D eigenvalue weighted by atomic mass is 79.9. The third-order valence-electron chi connectivity index (χ3n) is 3.95. The van der Waals surface area contributed by atoms with E-state index in [-0.39, 0.29) is 11.8 Å². The van der Waals surface area contributed by atoms with Crippen molar-refractivity contribution in [2.24, 2.45) is 0 Å². The third kappa shape index (κ3) is 6.13. The average Bonchev–Trinajstić information content (AvgIpc) is 2.60. The number of nitrogens with one attached hydrogen (secondary N) is 2. The number of rotatable bonds is 7. The molecular weight excluding hydrogens is 372 g/mol. The van der Waals surface area contributed by atoms with Gasteiger partial charge in [-0.25, -0.2) is 0 Å². The number of hydrogen-bond acceptors (Lipinski definition) is 4. The van der Waals surface area contributed by atoms with E-state index >= 15 is 0 Å². The lowest BCUT2D eigenvalue weighted by Gasteiger charge is -2.34. The highest BCUT2D eigenvalue weighted by Gasteiger charge is 2.22. The van der Waals surface area contributed by atoms with Crippen LogP contribution in [0.15, 0.2) is 28.7 Å². The van der Waals surface area contributed by atoms with Gasteiger partial charge in [0.1, 0.15) is 0 Å². The number of amides is 2. The molecular formula is C17H25BrN4O2. The summed E-state index contributed by atoms with van der Waals surface area (Å²) in [5, 5.41) is 6.03. The second-order valence-corrected chi connectivity index (χ2v) is 6.78. The molecule has 1 aliphatic rings. The predicted octanol–water partition coefficient (Wildman–Crippen LogP) is 1.53. The summed E-state index contributed by atoms with van der Waals surface area (Å²) in [5.74, 6) is 0.154. The van der Waals surface area contributed by atoms with Crippen LogP contribution in [0.1, 0.15) is 13.3 Å². The van der Waals surface area contributed by atoms with Crippen molar-refractivity contribution in [3.8, 4) is 0 Å². The van der Waals surface area contributed by atoms with Crippen molar-refractivity contribution in [1.29, 1.82) is 0 Å². The predicted molar refractivity (Wildman–Crippen MR) is 99.0 cm³/mol. The first-order chi connectivity index (χ1) is 11.6. The lowest BCUT2D eigenvalue weighted by Crippen LogP contribution is -2.52. The Bertz CT molecular complexity index is 542. The average molecular weight is 397 g/mol. The van der Waals surface area contributed by atoms with Gasteiger partial charge in [-0.05, 0) is 30.7 Å². The van der Waals surface area contributed by atoms with Gasteiger partial charge in [0, 0.05) is 42.9 Å². The molecule has 1 aromatic rings. The van der Waals surface area contributed by atoms with Gasteiger partial charge in [0.05, 0.1) is 13.1 Å². The van der Waals surface area contributed by atoms with Gasteiger partial charge < -0.3 is 15.5 Å². The Kier molecular flexibility index (Phi) is 7.52. The Morgan fingerprint density at radius 3 is 2.42 bits per heavy atom. The fourth-order valence-corrected chi connectivity index (χ4v) is 2.80. The van der Waals surface area contributed by atoms with Crippen LogP contribution in [0.4, 0.5) is 5.69 Å². The van der Waals surface area contributed by atoms with E-state index in [4.69, 9.17) is 0 Å². The minimum Gasteiger partial charge on any atom is -0.376 e. The van der Waals surface area contributed by atoms with Crippen molar-refractivity contribution in [2.75, 3.05) is 51.1 Å². The standard InChI is InChI=1S/C17H25BrN4O2/c1-2-7-19-16(23)13-21-8-10-22(11-9-21)17(24)12-20-15-5-3-14(18)4-6-15/h3-6,20H,2,7-13H2,1H3,(H,19,23). The van der Waals surface area contributed by atoms with E-state index in [1.165, 1.54) is 0 Å². The molecule has 2 rings (SSSR count). The van der Waals surface area contributed by atoms with E-state index in [0.29, 0.717) is 26.2 Å². The molecule has 1 heterocycles. The quantitative estimate of drug-likeness (QED) is 0.733. The summed E-state index contributed by atoms with van der Waals surface area (Å²) in [6, 6.07) is 7.75. The Morgan fingerprint density at radius 2 is 1.79 bits per heavy atom. The van der Waals surface area contributed by atoms with Gasteiger partial charge in [0.2, 0.25) is 11.8 Å². The van der Waals surface area contributed by atoms with Crippen molar-refractivity contribution in [3.05, 3.63) is 28.7 Å². The van der Waals surface area contributed by atoms with Gasteiger partial charge in [0.25, 0.3) is 0 Å². The largest absolute Gasteiger partial charge is 0.376 e. The van der Waals surface area contributed by atoms with Gasteiger partial charge in [-0.1, -0.05) is 22.9 Å². The van der Waals surface area contributed by atoms with Gasteiger partial charge in [0.15, 0.2) is 0 Å². The van der Waals surface area contributed by atoms with Crippen LogP contribution >= 0.6 is 15.9 Å². The van der Waals surface area contributed by atoms with Gasteiger partial charge in [-0.3, -0.25) is 14.5 Å². The Morgan fingerprint density at radius 1 is 1.12 bits per heavy atom. The molecule has 0 radical (unpaired) electrons. The van der Waals surface area contributed by atoms with Gasteiger partial charge in [-0.2, -0.15) is 0 Å². The summed E-state index contributed by atoms with van der Waals surface area (Å²) in [6.45, 7) is 6.28. The van der Waals surface area contributed by atoms with Crippen LogP contribution in [0.5, 0.6) is 0 Å². The summed E-state index contributed by atoms with van der Waals surface area (Å²) < 4.78 is 1.01. The smallest absolute Gasteiger partial charge is 0.241 e. The van der Waals surface area contributed by atoms with Crippen molar-refractivity contribution >= 4 is 33.4 Å². The van der Waals surface area contributed by atoms with Crippen molar-refractivity contribution < 1.29 is 9.59 Å². The van der Waals surface area contributed by atoms with E-state index in [9.17, 15) is 9.59 Å². The summed E-state index contributed by atoms with van der Waals surface area (Å²) >= 11 is 3.39. The first-order valence-corrected chi connectivity index (χ1v) is 9.14. The Hall–Kier alpha value is -1.60. The number of carbonyl (C=O) groups is 2. The molecule has 1 aliphatic heterocycles. The highest BCUT2D eigenvalue weighted by molar-refractivity contribution is 9.10. The topological polar surface area (TPSA) is 64.7 Å². The lowest BCUT2D eigenvalue weighted by molar-refractivity contribution is -0.131. The van der Waals surface area contributed by atoms with Crippen LogP contribution in [-0.2, 0) is 9.59 Å². The fraction of sp³-hybridized carbons (Fsp3) is 0.529. The molecule has 0 aliphatic carbocycles. The van der Waals surface area contributed by atoms with E-state index in [1.54, 1.807) is 0 Å². The molecule has 1 aromatic carbocycles. The molecule has 0 unspecified atom stereocenters. The van der Waals surface area contributed by atoms with Gasteiger partial charge >= 0.3 is 0 Å². The Balaban J connectivity index is 1.68. The molecule has 0 saturated carbocycles. The van der Waals surface area contributed by atoms with Crippen LogP contribution in [0.3, 0.4) is 0 Å². The molecule has 6 nitrogen and oxygen atoms in total. The van der Waals surface area contributed by atoms with E-state index < -0.39 is 0 Å². The second kappa shape index (κ2) is 9.64. The minimum atomic E-state index is 0.0635. The lowest BCUT2D eigenvalue weighted by atomic mass is 10.3. The SMILES string of the molecule is CCCNC(=O)CN1CCN(C(=O)CNc2ccc(Br)cc2)CC1. The third-order valence-corrected chi connectivity index (χ3v) is 4.48. The summed E-state index contributed by atoms with van der Waals surface area (Å²) in [4.78, 5) is 27.9. The number of piperazine rings is 1. The molecule has 24 heavy (non-hydrogen) atoms. The molecule has 132 valence electrons. The number of carbonyl (C=O) groups excluding carboxylic acids is 2. The second-order valence-electron chi connectivity index (χ2n) is 5.87. The maximum absolute atomic E-state index is 12.3. The number of hydrogen-bond donors (Lipinski definition) is 2. The van der Waals surface area contributed by atoms with E-state index in [2.05, 4.69) is 31.5 Å². The normalized spacial score (nSPS) is 15.2. The van der Waals surface area contributed by atoms with E-state index in [0.717, 1.165) is 36.2 Å². The van der Waals surface area contributed by atoms with Crippen LogP contribution in [0, 0.1) is 0 Å². The van der Waals surface area contributed by atoms with Crippen LogP contribution in [0.2, 0.25) is 0 Å².